The summed E-state index contributed by atoms with van der Waals surface area (Å²) in [6.45, 7) is 3.65. The Morgan fingerprint density at radius 3 is 2.73 bits per heavy atom. The number of rotatable bonds is 3. The number of amides is 1. The van der Waals surface area contributed by atoms with E-state index in [-0.39, 0.29) is 11.9 Å². The lowest BCUT2D eigenvalue weighted by Gasteiger charge is -2.12. The third kappa shape index (κ3) is 3.28. The smallest absolute Gasteiger partial charge is 0.241 e. The van der Waals surface area contributed by atoms with Crippen LogP contribution in [0.5, 0.6) is 0 Å². The number of pyridine rings is 1. The van der Waals surface area contributed by atoms with Gasteiger partial charge in [0, 0.05) is 0 Å². The van der Waals surface area contributed by atoms with Gasteiger partial charge in [-0.15, -0.1) is 0 Å². The molecule has 4 nitrogen and oxygen atoms in total. The predicted molar refractivity (Wildman–Crippen MR) is 63.8 cm³/mol. The highest BCUT2D eigenvalue weighted by Gasteiger charge is 2.11. The van der Waals surface area contributed by atoms with Crippen LogP contribution in [0.25, 0.3) is 0 Å². The first-order valence-corrected chi connectivity index (χ1v) is 5.45. The maximum absolute atomic E-state index is 11.6. The number of halogens is 1. The van der Waals surface area contributed by atoms with Crippen LogP contribution in [0.1, 0.15) is 12.6 Å². The molecular weight excluding hydrogens is 258 g/mol. The van der Waals surface area contributed by atoms with Gasteiger partial charge < -0.3 is 10.6 Å². The minimum absolute atomic E-state index is 0.0651. The van der Waals surface area contributed by atoms with Gasteiger partial charge in [-0.1, -0.05) is 0 Å². The van der Waals surface area contributed by atoms with Gasteiger partial charge in [-0.05, 0) is 49.0 Å². The summed E-state index contributed by atoms with van der Waals surface area (Å²) in [5, 5.41) is 5.68. The molecule has 0 fully saturated rings. The lowest BCUT2D eigenvalue weighted by Crippen LogP contribution is -2.35. The number of hydrogen-bond donors (Lipinski definition) is 2. The van der Waals surface area contributed by atoms with E-state index in [1.807, 2.05) is 13.0 Å². The molecule has 1 rings (SSSR count). The van der Waals surface area contributed by atoms with E-state index >= 15 is 0 Å². The minimum Gasteiger partial charge on any atom is -0.323 e. The number of aryl methyl sites for hydroxylation is 1. The summed E-state index contributed by atoms with van der Waals surface area (Å²) < 4.78 is 0.764. The zero-order valence-electron chi connectivity index (χ0n) is 8.97. The Kier molecular flexibility index (Phi) is 4.23. The molecule has 0 aliphatic rings. The number of nitrogens with zero attached hydrogens (tertiary/aromatic N) is 1. The lowest BCUT2D eigenvalue weighted by molar-refractivity contribution is -0.117. The third-order valence-electron chi connectivity index (χ3n) is 2.14. The average Bonchev–Trinajstić information content (AvgIpc) is 2.20. The number of carbonyl (C=O) groups excluding carboxylic acids is 1. The molecule has 0 aromatic carbocycles. The molecule has 1 amide bonds. The third-order valence-corrected chi connectivity index (χ3v) is 2.58. The molecule has 0 aliphatic carbocycles. The lowest BCUT2D eigenvalue weighted by atomic mass is 10.2. The number of aromatic nitrogens is 1. The molecule has 1 aromatic heterocycles. The molecule has 2 N–H and O–H groups in total. The first-order valence-electron chi connectivity index (χ1n) is 4.66. The first-order chi connectivity index (χ1) is 7.04. The van der Waals surface area contributed by atoms with Gasteiger partial charge in [-0.3, -0.25) is 4.79 Å². The van der Waals surface area contributed by atoms with E-state index in [0.29, 0.717) is 0 Å². The largest absolute Gasteiger partial charge is 0.323 e. The zero-order valence-corrected chi connectivity index (χ0v) is 10.6. The Hall–Kier alpha value is -0.940. The van der Waals surface area contributed by atoms with Gasteiger partial charge >= 0.3 is 0 Å². The number of likely N-dealkylation sites (N-methyl/N-ethyl adjacent to an activating group) is 1. The van der Waals surface area contributed by atoms with Gasteiger partial charge in [-0.25, -0.2) is 4.98 Å². The second-order valence-electron chi connectivity index (χ2n) is 3.27. The second-order valence-corrected chi connectivity index (χ2v) is 4.08. The summed E-state index contributed by atoms with van der Waals surface area (Å²) in [6.07, 6.45) is 0. The Balaban J connectivity index is 2.77. The SMILES string of the molecule is CNC(C)C(=O)Nc1ccc(Br)nc1C. The van der Waals surface area contributed by atoms with E-state index in [1.54, 1.807) is 20.0 Å². The molecule has 0 radical (unpaired) electrons. The Bertz CT molecular complexity index is 368. The van der Waals surface area contributed by atoms with Crippen molar-refractivity contribution in [2.24, 2.45) is 0 Å². The van der Waals surface area contributed by atoms with E-state index < -0.39 is 0 Å². The molecule has 1 atom stereocenters. The van der Waals surface area contributed by atoms with Gasteiger partial charge in [0.2, 0.25) is 5.91 Å². The van der Waals surface area contributed by atoms with Gasteiger partial charge in [0.05, 0.1) is 17.4 Å². The molecule has 0 aliphatic heterocycles. The van der Waals surface area contributed by atoms with Crippen molar-refractivity contribution < 1.29 is 4.79 Å². The fourth-order valence-electron chi connectivity index (χ4n) is 1.03. The topological polar surface area (TPSA) is 54.0 Å². The monoisotopic (exact) mass is 271 g/mol. The molecule has 1 unspecified atom stereocenters. The Morgan fingerprint density at radius 1 is 1.53 bits per heavy atom. The second kappa shape index (κ2) is 5.23. The van der Waals surface area contributed by atoms with Crippen molar-refractivity contribution in [2.75, 3.05) is 12.4 Å². The van der Waals surface area contributed by atoms with Crippen LogP contribution in [-0.4, -0.2) is 24.0 Å². The summed E-state index contributed by atoms with van der Waals surface area (Å²) in [4.78, 5) is 15.8. The number of carbonyl (C=O) groups is 1. The van der Waals surface area contributed by atoms with Gasteiger partial charge in [0.1, 0.15) is 4.60 Å². The van der Waals surface area contributed by atoms with E-state index in [9.17, 15) is 4.79 Å². The van der Waals surface area contributed by atoms with Crippen LogP contribution in [0.2, 0.25) is 0 Å². The molecule has 82 valence electrons. The van der Waals surface area contributed by atoms with E-state index in [0.717, 1.165) is 16.0 Å². The molecule has 0 spiro atoms. The van der Waals surface area contributed by atoms with Crippen molar-refractivity contribution in [3.8, 4) is 0 Å². The van der Waals surface area contributed by atoms with E-state index in [2.05, 4.69) is 31.5 Å². The maximum Gasteiger partial charge on any atom is 0.241 e. The molecule has 1 heterocycles. The van der Waals surface area contributed by atoms with Crippen molar-refractivity contribution in [3.63, 3.8) is 0 Å². The van der Waals surface area contributed by atoms with E-state index in [1.165, 1.54) is 0 Å². The standard InChI is InChI=1S/C10H14BrN3O/c1-6-8(4-5-9(11)13-6)14-10(15)7(2)12-3/h4-5,7,12H,1-3H3,(H,14,15). The normalized spacial score (nSPS) is 12.3. The Morgan fingerprint density at radius 2 is 2.20 bits per heavy atom. The van der Waals surface area contributed by atoms with Crippen molar-refractivity contribution in [2.45, 2.75) is 19.9 Å². The van der Waals surface area contributed by atoms with Crippen LogP contribution in [0.15, 0.2) is 16.7 Å². The first kappa shape index (κ1) is 12.1. The molecule has 0 saturated carbocycles. The van der Waals surface area contributed by atoms with Crippen LogP contribution < -0.4 is 10.6 Å². The van der Waals surface area contributed by atoms with Crippen molar-refractivity contribution in [3.05, 3.63) is 22.4 Å². The number of hydrogen-bond acceptors (Lipinski definition) is 3. The summed E-state index contributed by atoms with van der Waals surface area (Å²) in [5.74, 6) is -0.0651. The molecule has 0 saturated heterocycles. The number of nitrogens with one attached hydrogen (secondary N) is 2. The van der Waals surface area contributed by atoms with E-state index in [4.69, 9.17) is 0 Å². The van der Waals surface area contributed by atoms with Crippen LogP contribution in [-0.2, 0) is 4.79 Å². The van der Waals surface area contributed by atoms with Crippen LogP contribution >= 0.6 is 15.9 Å². The van der Waals surface area contributed by atoms with Crippen molar-refractivity contribution in [1.29, 1.82) is 0 Å². The van der Waals surface area contributed by atoms with Gasteiger partial charge in [-0.2, -0.15) is 0 Å². The zero-order chi connectivity index (χ0) is 11.4. The van der Waals surface area contributed by atoms with Crippen LogP contribution in [0.3, 0.4) is 0 Å². The molecule has 1 aromatic rings. The fraction of sp³-hybridized carbons (Fsp3) is 0.400. The van der Waals surface area contributed by atoms with Gasteiger partial charge in [0.25, 0.3) is 0 Å². The Labute approximate surface area is 97.6 Å². The highest BCUT2D eigenvalue weighted by atomic mass is 79.9. The number of anilines is 1. The molecule has 0 bridgehead atoms. The predicted octanol–water partition coefficient (Wildman–Crippen LogP) is 1.70. The highest BCUT2D eigenvalue weighted by molar-refractivity contribution is 9.10. The summed E-state index contributed by atoms with van der Waals surface area (Å²) in [5.41, 5.74) is 1.53. The molecular formula is C10H14BrN3O. The quantitative estimate of drug-likeness (QED) is 0.823. The van der Waals surface area contributed by atoms with Crippen LogP contribution in [0, 0.1) is 6.92 Å². The van der Waals surface area contributed by atoms with Crippen molar-refractivity contribution >= 4 is 27.5 Å². The summed E-state index contributed by atoms with van der Waals surface area (Å²) >= 11 is 3.27. The average molecular weight is 272 g/mol. The summed E-state index contributed by atoms with van der Waals surface area (Å²) in [6, 6.07) is 3.41. The summed E-state index contributed by atoms with van der Waals surface area (Å²) in [7, 11) is 1.75. The minimum atomic E-state index is -0.215. The highest BCUT2D eigenvalue weighted by Crippen LogP contribution is 2.16. The van der Waals surface area contributed by atoms with Crippen molar-refractivity contribution in [1.82, 2.24) is 10.3 Å². The molecule has 5 heteroatoms. The van der Waals surface area contributed by atoms with Crippen LogP contribution in [0.4, 0.5) is 5.69 Å². The maximum atomic E-state index is 11.6. The van der Waals surface area contributed by atoms with Gasteiger partial charge in [0.15, 0.2) is 0 Å². The fourth-order valence-corrected chi connectivity index (χ4v) is 1.43. The molecule has 15 heavy (non-hydrogen) atoms.